The molecule has 0 aliphatic carbocycles. The maximum Gasteiger partial charge on any atom is 0.404 e. The summed E-state index contributed by atoms with van der Waals surface area (Å²) in [5.74, 6) is -0.305. The Balaban J connectivity index is 2.60. The molecule has 7 heteroatoms. The van der Waals surface area contributed by atoms with E-state index in [0.717, 1.165) is 0 Å². The van der Waals surface area contributed by atoms with E-state index in [4.69, 9.17) is 10.8 Å². The van der Waals surface area contributed by atoms with Gasteiger partial charge in [0.1, 0.15) is 0 Å². The Morgan fingerprint density at radius 1 is 1.32 bits per heavy atom. The Bertz CT molecular complexity index is 445. The predicted molar refractivity (Wildman–Crippen MR) is 69.7 cm³/mol. The van der Waals surface area contributed by atoms with Gasteiger partial charge in [0.2, 0.25) is 5.91 Å². The summed E-state index contributed by atoms with van der Waals surface area (Å²) >= 11 is 0. The first-order valence-corrected chi connectivity index (χ1v) is 5.71. The average molecular weight is 267 g/mol. The smallest absolute Gasteiger partial charge is 0.404 e. The molecule has 0 aliphatic heterocycles. The van der Waals surface area contributed by atoms with E-state index in [1.165, 1.54) is 0 Å². The normalized spacial score (nSPS) is 13.4. The molecule has 0 aliphatic rings. The number of hydrogen-bond acceptors (Lipinski definition) is 4. The molecule has 0 saturated carbocycles. The van der Waals surface area contributed by atoms with E-state index < -0.39 is 18.2 Å². The molecule has 0 bridgehead atoms. The van der Waals surface area contributed by atoms with E-state index in [0.29, 0.717) is 11.3 Å². The van der Waals surface area contributed by atoms with Crippen molar-refractivity contribution in [2.75, 3.05) is 11.9 Å². The first-order valence-electron chi connectivity index (χ1n) is 5.71. The lowest BCUT2D eigenvalue weighted by Gasteiger charge is -2.12. The van der Waals surface area contributed by atoms with Gasteiger partial charge >= 0.3 is 6.09 Å². The Hall–Kier alpha value is -2.12. The Labute approximate surface area is 110 Å². The fourth-order valence-corrected chi connectivity index (χ4v) is 1.35. The van der Waals surface area contributed by atoms with Gasteiger partial charge in [0, 0.05) is 5.69 Å². The van der Waals surface area contributed by atoms with Crippen LogP contribution < -0.4 is 16.4 Å². The molecule has 0 saturated heterocycles. The van der Waals surface area contributed by atoms with Crippen LogP contribution >= 0.6 is 0 Å². The maximum absolute atomic E-state index is 11.3. The summed E-state index contributed by atoms with van der Waals surface area (Å²) in [4.78, 5) is 21.6. The zero-order chi connectivity index (χ0) is 14.4. The van der Waals surface area contributed by atoms with E-state index in [1.54, 1.807) is 31.2 Å². The third-order valence-corrected chi connectivity index (χ3v) is 2.42. The third kappa shape index (κ3) is 4.94. The molecule has 6 N–H and O–H groups in total. The van der Waals surface area contributed by atoms with Crippen molar-refractivity contribution in [1.29, 1.82) is 0 Å². The number of benzene rings is 1. The summed E-state index contributed by atoms with van der Waals surface area (Å²) in [6.45, 7) is 1.48. The molecule has 104 valence electrons. The second kappa shape index (κ2) is 6.72. The highest BCUT2D eigenvalue weighted by molar-refractivity contribution is 5.94. The van der Waals surface area contributed by atoms with E-state index in [2.05, 4.69) is 10.6 Å². The highest BCUT2D eigenvalue weighted by Crippen LogP contribution is 2.15. The van der Waals surface area contributed by atoms with Gasteiger partial charge < -0.3 is 26.6 Å². The second-order valence-electron chi connectivity index (χ2n) is 4.10. The van der Waals surface area contributed by atoms with E-state index in [9.17, 15) is 14.7 Å². The van der Waals surface area contributed by atoms with Crippen molar-refractivity contribution in [2.24, 2.45) is 5.73 Å². The minimum absolute atomic E-state index is 0.0964. The molecule has 1 aromatic rings. The lowest BCUT2D eigenvalue weighted by Crippen LogP contribution is -2.32. The SMILES string of the molecule is CC(N)C(=O)Nc1ccc(C(O)CNC(=O)O)cc1. The molecule has 7 nitrogen and oxygen atoms in total. The summed E-state index contributed by atoms with van der Waals surface area (Å²) < 4.78 is 0. The van der Waals surface area contributed by atoms with Gasteiger partial charge in [0.25, 0.3) is 0 Å². The summed E-state index contributed by atoms with van der Waals surface area (Å²) in [6, 6.07) is 5.82. The molecule has 0 radical (unpaired) electrons. The molecule has 2 atom stereocenters. The number of aliphatic hydroxyl groups excluding tert-OH is 1. The van der Waals surface area contributed by atoms with Gasteiger partial charge in [0.05, 0.1) is 18.7 Å². The number of aliphatic hydroxyl groups is 1. The molecule has 0 aromatic heterocycles. The second-order valence-corrected chi connectivity index (χ2v) is 4.10. The number of nitrogens with one attached hydrogen (secondary N) is 2. The molecule has 0 fully saturated rings. The fourth-order valence-electron chi connectivity index (χ4n) is 1.35. The van der Waals surface area contributed by atoms with E-state index in [-0.39, 0.29) is 12.5 Å². The van der Waals surface area contributed by atoms with Crippen molar-refractivity contribution >= 4 is 17.7 Å². The first-order chi connectivity index (χ1) is 8.90. The van der Waals surface area contributed by atoms with Crippen molar-refractivity contribution in [3.63, 3.8) is 0 Å². The Kier molecular flexibility index (Phi) is 5.28. The minimum Gasteiger partial charge on any atom is -0.465 e. The van der Waals surface area contributed by atoms with Crippen LogP contribution in [0.5, 0.6) is 0 Å². The molecule has 19 heavy (non-hydrogen) atoms. The molecule has 1 aromatic carbocycles. The predicted octanol–water partition coefficient (Wildman–Crippen LogP) is 0.273. The number of hydrogen-bond donors (Lipinski definition) is 5. The summed E-state index contributed by atoms with van der Waals surface area (Å²) in [7, 11) is 0. The molecule has 2 unspecified atom stereocenters. The van der Waals surface area contributed by atoms with Gasteiger partial charge in [-0.2, -0.15) is 0 Å². The minimum atomic E-state index is -1.19. The van der Waals surface area contributed by atoms with Gasteiger partial charge in [-0.05, 0) is 24.6 Å². The highest BCUT2D eigenvalue weighted by Gasteiger charge is 2.10. The van der Waals surface area contributed by atoms with Crippen LogP contribution in [0.2, 0.25) is 0 Å². The van der Waals surface area contributed by atoms with Gasteiger partial charge in [-0.15, -0.1) is 0 Å². The molecule has 2 amide bonds. The van der Waals surface area contributed by atoms with Crippen LogP contribution in [0.1, 0.15) is 18.6 Å². The van der Waals surface area contributed by atoms with E-state index in [1.807, 2.05) is 0 Å². The van der Waals surface area contributed by atoms with Gasteiger partial charge in [0.15, 0.2) is 0 Å². The summed E-state index contributed by atoms with van der Waals surface area (Å²) in [6.07, 6.45) is -2.13. The van der Waals surface area contributed by atoms with Crippen LogP contribution in [0, 0.1) is 0 Å². The number of carbonyl (C=O) groups is 2. The fraction of sp³-hybridized carbons (Fsp3) is 0.333. The topological polar surface area (TPSA) is 125 Å². The largest absolute Gasteiger partial charge is 0.465 e. The van der Waals surface area contributed by atoms with Crippen molar-refractivity contribution < 1.29 is 19.8 Å². The van der Waals surface area contributed by atoms with Crippen molar-refractivity contribution in [3.05, 3.63) is 29.8 Å². The van der Waals surface area contributed by atoms with Crippen molar-refractivity contribution in [1.82, 2.24) is 5.32 Å². The molecule has 0 heterocycles. The first kappa shape index (κ1) is 14.9. The zero-order valence-corrected chi connectivity index (χ0v) is 10.5. The molecular formula is C12H17N3O4. The summed E-state index contributed by atoms with van der Waals surface area (Å²) in [5.41, 5.74) is 6.52. The van der Waals surface area contributed by atoms with Gasteiger partial charge in [-0.1, -0.05) is 12.1 Å². The number of nitrogens with two attached hydrogens (primary N) is 1. The number of carbonyl (C=O) groups excluding carboxylic acids is 1. The molecular weight excluding hydrogens is 250 g/mol. The Morgan fingerprint density at radius 3 is 2.37 bits per heavy atom. The standard InChI is InChI=1S/C12H17N3O4/c1-7(13)11(17)15-9-4-2-8(3-5-9)10(16)6-14-12(18)19/h2-5,7,10,14,16H,6,13H2,1H3,(H,15,17)(H,18,19). The lowest BCUT2D eigenvalue weighted by atomic mass is 10.1. The third-order valence-electron chi connectivity index (χ3n) is 2.42. The highest BCUT2D eigenvalue weighted by atomic mass is 16.4. The molecule has 1 rings (SSSR count). The van der Waals surface area contributed by atoms with Gasteiger partial charge in [-0.3, -0.25) is 4.79 Å². The zero-order valence-electron chi connectivity index (χ0n) is 10.5. The number of rotatable bonds is 5. The number of amides is 2. The quantitative estimate of drug-likeness (QED) is 0.524. The monoisotopic (exact) mass is 267 g/mol. The van der Waals surface area contributed by atoms with Crippen LogP contribution in [0.3, 0.4) is 0 Å². The van der Waals surface area contributed by atoms with Gasteiger partial charge in [-0.25, -0.2) is 4.79 Å². The summed E-state index contributed by atoms with van der Waals surface area (Å²) in [5, 5.41) is 22.8. The number of anilines is 1. The van der Waals surface area contributed by atoms with Crippen LogP contribution in [0.25, 0.3) is 0 Å². The van der Waals surface area contributed by atoms with Crippen LogP contribution in [0.15, 0.2) is 24.3 Å². The number of carboxylic acid groups (broad SMARTS) is 1. The lowest BCUT2D eigenvalue weighted by molar-refractivity contribution is -0.117. The van der Waals surface area contributed by atoms with Crippen molar-refractivity contribution in [3.8, 4) is 0 Å². The Morgan fingerprint density at radius 2 is 1.89 bits per heavy atom. The molecule has 0 spiro atoms. The average Bonchev–Trinajstić information content (AvgIpc) is 2.36. The maximum atomic E-state index is 11.3. The van der Waals surface area contributed by atoms with Crippen molar-refractivity contribution in [2.45, 2.75) is 19.1 Å². The van der Waals surface area contributed by atoms with Crippen LogP contribution in [0.4, 0.5) is 10.5 Å². The van der Waals surface area contributed by atoms with E-state index >= 15 is 0 Å². The van der Waals surface area contributed by atoms with Crippen LogP contribution in [-0.4, -0.2) is 34.8 Å². The van der Waals surface area contributed by atoms with Crippen LogP contribution in [-0.2, 0) is 4.79 Å².